The Bertz CT molecular complexity index is 3110. The minimum atomic E-state index is 0.893. The Morgan fingerprint density at radius 3 is 1.54 bits per heavy atom. The summed E-state index contributed by atoms with van der Waals surface area (Å²) in [4.78, 5) is 0. The fourth-order valence-corrected chi connectivity index (χ4v) is 9.61. The van der Waals surface area contributed by atoms with Crippen LogP contribution in [0.1, 0.15) is 0 Å². The van der Waals surface area contributed by atoms with Crippen LogP contribution in [0.3, 0.4) is 0 Å². The highest BCUT2D eigenvalue weighted by molar-refractivity contribution is 7.26. The summed E-state index contributed by atoms with van der Waals surface area (Å²) in [5.74, 6) is 0.893. The van der Waals surface area contributed by atoms with E-state index in [1.54, 1.807) is 0 Å². The summed E-state index contributed by atoms with van der Waals surface area (Å²) in [6.07, 6.45) is 0. The zero-order chi connectivity index (χ0) is 34.2. The fraction of sp³-hybridized carbons (Fsp3) is 0. The van der Waals surface area contributed by atoms with Gasteiger partial charge in [0.2, 0.25) is 0 Å². The molecule has 11 rings (SSSR count). The third kappa shape index (κ3) is 4.35. The van der Waals surface area contributed by atoms with Crippen LogP contribution in [0, 0.1) is 0 Å². The Labute approximate surface area is 304 Å². The molecule has 0 aliphatic carbocycles. The number of rotatable bonds is 4. The van der Waals surface area contributed by atoms with E-state index in [2.05, 4.69) is 182 Å². The third-order valence-corrected chi connectivity index (χ3v) is 11.8. The molecule has 2 aromatic heterocycles. The molecule has 0 saturated heterocycles. The SMILES string of the molecule is c1ccc(-c2c3ccccc3c(-c3c4oc(-c5ccc6ccccc6c5)c(-c5ccccc5)c4cc4c3sc3ccccc34)c3ccccc23)cc1. The Morgan fingerprint density at radius 2 is 0.865 bits per heavy atom. The van der Waals surface area contributed by atoms with Gasteiger partial charge in [0.05, 0.1) is 0 Å². The molecule has 0 N–H and O–H groups in total. The quantitative estimate of drug-likeness (QED) is 0.169. The van der Waals surface area contributed by atoms with Crippen molar-refractivity contribution in [3.8, 4) is 44.7 Å². The highest BCUT2D eigenvalue weighted by atomic mass is 32.1. The van der Waals surface area contributed by atoms with Gasteiger partial charge >= 0.3 is 0 Å². The van der Waals surface area contributed by atoms with Gasteiger partial charge in [0, 0.05) is 47.8 Å². The Morgan fingerprint density at radius 1 is 0.327 bits per heavy atom. The molecule has 242 valence electrons. The lowest BCUT2D eigenvalue weighted by atomic mass is 9.85. The van der Waals surface area contributed by atoms with Gasteiger partial charge in [-0.25, -0.2) is 0 Å². The van der Waals surface area contributed by atoms with Gasteiger partial charge in [0.25, 0.3) is 0 Å². The smallest absolute Gasteiger partial charge is 0.144 e. The number of benzene rings is 9. The minimum absolute atomic E-state index is 0.893. The fourth-order valence-electron chi connectivity index (χ4n) is 8.38. The topological polar surface area (TPSA) is 13.1 Å². The van der Waals surface area contributed by atoms with Crippen LogP contribution >= 0.6 is 11.3 Å². The molecule has 0 atom stereocenters. The van der Waals surface area contributed by atoms with Gasteiger partial charge < -0.3 is 4.42 Å². The van der Waals surface area contributed by atoms with Crippen molar-refractivity contribution in [2.75, 3.05) is 0 Å². The van der Waals surface area contributed by atoms with Gasteiger partial charge in [-0.2, -0.15) is 0 Å². The monoisotopic (exact) mass is 678 g/mol. The lowest BCUT2D eigenvalue weighted by Gasteiger charge is -2.18. The summed E-state index contributed by atoms with van der Waals surface area (Å²) in [7, 11) is 0. The van der Waals surface area contributed by atoms with Gasteiger partial charge in [0.15, 0.2) is 0 Å². The summed E-state index contributed by atoms with van der Waals surface area (Å²) >= 11 is 1.86. The molecule has 11 aromatic rings. The van der Waals surface area contributed by atoms with Crippen molar-refractivity contribution in [3.63, 3.8) is 0 Å². The van der Waals surface area contributed by atoms with E-state index in [0.717, 1.165) is 39.0 Å². The Balaban J connectivity index is 1.36. The van der Waals surface area contributed by atoms with Crippen LogP contribution in [-0.4, -0.2) is 0 Å². The molecule has 1 nitrogen and oxygen atoms in total. The van der Waals surface area contributed by atoms with Crippen LogP contribution in [-0.2, 0) is 0 Å². The van der Waals surface area contributed by atoms with E-state index >= 15 is 0 Å². The van der Waals surface area contributed by atoms with Crippen molar-refractivity contribution in [1.82, 2.24) is 0 Å². The van der Waals surface area contributed by atoms with Crippen molar-refractivity contribution in [2.45, 2.75) is 0 Å². The van der Waals surface area contributed by atoms with Crippen molar-refractivity contribution in [2.24, 2.45) is 0 Å². The molecular weight excluding hydrogens is 649 g/mol. The van der Waals surface area contributed by atoms with Crippen LogP contribution in [0.15, 0.2) is 186 Å². The van der Waals surface area contributed by atoms with E-state index in [1.807, 2.05) is 11.3 Å². The van der Waals surface area contributed by atoms with E-state index in [1.165, 1.54) is 69.2 Å². The molecule has 0 radical (unpaired) electrons. The normalized spacial score (nSPS) is 11.8. The lowest BCUT2D eigenvalue weighted by molar-refractivity contribution is 0.634. The highest BCUT2D eigenvalue weighted by Gasteiger charge is 2.27. The first-order valence-corrected chi connectivity index (χ1v) is 18.6. The number of hydrogen-bond acceptors (Lipinski definition) is 2. The molecule has 52 heavy (non-hydrogen) atoms. The minimum Gasteiger partial charge on any atom is -0.455 e. The van der Waals surface area contributed by atoms with E-state index in [-0.39, 0.29) is 0 Å². The summed E-state index contributed by atoms with van der Waals surface area (Å²) in [5, 5.41) is 11.0. The zero-order valence-corrected chi connectivity index (χ0v) is 29.0. The summed E-state index contributed by atoms with van der Waals surface area (Å²) < 4.78 is 9.92. The number of hydrogen-bond donors (Lipinski definition) is 0. The van der Waals surface area contributed by atoms with E-state index in [4.69, 9.17) is 4.42 Å². The van der Waals surface area contributed by atoms with Crippen molar-refractivity contribution in [1.29, 1.82) is 0 Å². The Kier molecular flexibility index (Phi) is 6.49. The third-order valence-electron chi connectivity index (χ3n) is 10.6. The van der Waals surface area contributed by atoms with Gasteiger partial charge in [-0.15, -0.1) is 11.3 Å². The predicted molar refractivity (Wildman–Crippen MR) is 223 cm³/mol. The number of fused-ring (bicyclic) bond motifs is 7. The van der Waals surface area contributed by atoms with Crippen LogP contribution in [0.5, 0.6) is 0 Å². The maximum Gasteiger partial charge on any atom is 0.144 e. The summed E-state index contributed by atoms with van der Waals surface area (Å²) in [6, 6.07) is 65.9. The lowest BCUT2D eigenvalue weighted by Crippen LogP contribution is -1.91. The molecule has 0 saturated carbocycles. The molecule has 0 unspecified atom stereocenters. The second-order valence-corrected chi connectivity index (χ2v) is 14.6. The van der Waals surface area contributed by atoms with E-state index in [0.29, 0.717) is 0 Å². The average molecular weight is 679 g/mol. The average Bonchev–Trinajstić information content (AvgIpc) is 3.78. The number of thiophene rings is 1. The predicted octanol–water partition coefficient (Wildman–Crippen LogP) is 14.9. The molecule has 0 amide bonds. The summed E-state index contributed by atoms with van der Waals surface area (Å²) in [6.45, 7) is 0. The van der Waals surface area contributed by atoms with Crippen molar-refractivity contribution < 1.29 is 4.42 Å². The first-order valence-electron chi connectivity index (χ1n) is 17.8. The Hall–Kier alpha value is -6.48. The van der Waals surface area contributed by atoms with Crippen LogP contribution in [0.25, 0.3) is 108 Å². The van der Waals surface area contributed by atoms with Crippen molar-refractivity contribution >= 4 is 74.8 Å². The molecule has 2 heterocycles. The molecule has 0 aliphatic rings. The number of furan rings is 1. The molecule has 0 bridgehead atoms. The van der Waals surface area contributed by atoms with Gasteiger partial charge in [-0.1, -0.05) is 164 Å². The largest absolute Gasteiger partial charge is 0.455 e. The van der Waals surface area contributed by atoms with E-state index in [9.17, 15) is 0 Å². The van der Waals surface area contributed by atoms with Gasteiger partial charge in [-0.05, 0) is 67.2 Å². The summed E-state index contributed by atoms with van der Waals surface area (Å²) in [5.41, 5.74) is 9.11. The van der Waals surface area contributed by atoms with Crippen LogP contribution in [0.4, 0.5) is 0 Å². The molecular formula is C50H30OS. The van der Waals surface area contributed by atoms with Crippen LogP contribution in [0.2, 0.25) is 0 Å². The zero-order valence-electron chi connectivity index (χ0n) is 28.1. The second kappa shape index (κ2) is 11.5. The molecule has 0 spiro atoms. The van der Waals surface area contributed by atoms with Gasteiger partial charge in [0.1, 0.15) is 11.3 Å². The first kappa shape index (κ1) is 29.3. The molecule has 0 aliphatic heterocycles. The molecule has 2 heteroatoms. The first-order chi connectivity index (χ1) is 25.8. The standard InChI is InChI=1S/C50H30OS/c1-3-16-32(17-4-1)44-37-22-9-11-24-39(37)46(40-25-12-10-23-38(40)44)47-49-42(30-41-36-21-13-14-26-43(36)52-50(41)47)45(33-18-5-2-6-19-33)48(51-49)35-28-27-31-15-7-8-20-34(31)29-35/h1-30H. The van der Waals surface area contributed by atoms with Gasteiger partial charge in [-0.3, -0.25) is 0 Å². The van der Waals surface area contributed by atoms with Crippen molar-refractivity contribution in [3.05, 3.63) is 182 Å². The van der Waals surface area contributed by atoms with E-state index < -0.39 is 0 Å². The van der Waals surface area contributed by atoms with Crippen LogP contribution < -0.4 is 0 Å². The molecule has 0 fully saturated rings. The molecule has 9 aromatic carbocycles. The maximum atomic E-state index is 7.40. The highest BCUT2D eigenvalue weighted by Crippen LogP contribution is 2.53. The second-order valence-electron chi connectivity index (χ2n) is 13.5. The maximum absolute atomic E-state index is 7.40.